The molecule has 0 heterocycles. The number of carbonyl (C=O) groups is 1. The Morgan fingerprint density at radius 1 is 0.581 bits per heavy atom. The molecule has 6 nitrogen and oxygen atoms in total. The van der Waals surface area contributed by atoms with Gasteiger partial charge >= 0.3 is 0 Å². The maximum absolute atomic E-state index is 14.0. The Morgan fingerprint density at radius 2 is 0.977 bits per heavy atom. The maximum Gasteiger partial charge on any atom is 0.211 e. The molecule has 43 heavy (non-hydrogen) atoms. The largest absolute Gasteiger partial charge is 0.381 e. The van der Waals surface area contributed by atoms with Gasteiger partial charge in [-0.25, -0.2) is 0 Å². The summed E-state index contributed by atoms with van der Waals surface area (Å²) in [6, 6.07) is 37.9. The number of hydrogen-bond donors (Lipinski definition) is 1. The van der Waals surface area contributed by atoms with Crippen LogP contribution in [0.25, 0.3) is 0 Å². The van der Waals surface area contributed by atoms with Crippen molar-refractivity contribution in [3.8, 4) is 0 Å². The average Bonchev–Trinajstić information content (AvgIpc) is 3.04. The summed E-state index contributed by atoms with van der Waals surface area (Å²) < 4.78 is 22.6. The molecule has 1 unspecified atom stereocenters. The molecule has 224 valence electrons. The third kappa shape index (κ3) is 7.54. The van der Waals surface area contributed by atoms with Gasteiger partial charge in [0.05, 0.1) is 33.0 Å². The van der Waals surface area contributed by atoms with E-state index >= 15 is 0 Å². The van der Waals surface area contributed by atoms with Crippen molar-refractivity contribution in [3.63, 3.8) is 0 Å². The van der Waals surface area contributed by atoms with Crippen molar-refractivity contribution >= 4 is 29.0 Å². The second-order valence-corrected chi connectivity index (χ2v) is 11.9. The maximum atomic E-state index is 14.0. The first-order valence-electron chi connectivity index (χ1n) is 14.1. The summed E-state index contributed by atoms with van der Waals surface area (Å²) in [5.74, 6) is -0.727. The lowest BCUT2D eigenvalue weighted by Crippen LogP contribution is -2.74. The number of alkyl halides is 2. The number of carbonyl (C=O) groups excluding carboxylic acids is 1. The average molecular weight is 622 g/mol. The van der Waals surface area contributed by atoms with Gasteiger partial charge in [0.25, 0.3) is 0 Å². The molecule has 1 N–H and O–H groups in total. The highest BCUT2D eigenvalue weighted by atomic mass is 35.5. The van der Waals surface area contributed by atoms with Crippen LogP contribution >= 0.6 is 23.2 Å². The number of Topliss-reactive ketones (excluding diaryl/α,β-unsaturated/α-hetero) is 1. The van der Waals surface area contributed by atoms with Crippen molar-refractivity contribution in [2.24, 2.45) is 0 Å². The molecule has 0 saturated heterocycles. The van der Waals surface area contributed by atoms with Gasteiger partial charge in [0.15, 0.2) is 5.60 Å². The Labute approximate surface area is 262 Å². The zero-order valence-corrected chi connectivity index (χ0v) is 25.1. The van der Waals surface area contributed by atoms with Crippen LogP contribution in [0.1, 0.15) is 22.3 Å². The molecule has 1 aliphatic rings. The molecular weight excluding hydrogens is 587 g/mol. The van der Waals surface area contributed by atoms with Gasteiger partial charge in [-0.1, -0.05) is 145 Å². The van der Waals surface area contributed by atoms with Gasteiger partial charge in [-0.2, -0.15) is 0 Å². The lowest BCUT2D eigenvalue weighted by molar-refractivity contribution is -0.243. The minimum atomic E-state index is -2.33. The summed E-state index contributed by atoms with van der Waals surface area (Å²) in [6.45, 7) is 0.0995. The molecule has 5 rings (SSSR count). The predicted molar refractivity (Wildman–Crippen MR) is 166 cm³/mol. The summed E-state index contributed by atoms with van der Waals surface area (Å²) >= 11 is 13.6. The van der Waals surface area contributed by atoms with E-state index in [2.05, 4.69) is 0 Å². The summed E-state index contributed by atoms with van der Waals surface area (Å²) in [4.78, 5) is 14.0. The first-order chi connectivity index (χ1) is 20.9. The fourth-order valence-electron chi connectivity index (χ4n) is 5.09. The molecule has 0 aliphatic heterocycles. The third-order valence-electron chi connectivity index (χ3n) is 7.44. The molecule has 1 fully saturated rings. The second kappa shape index (κ2) is 14.6. The molecule has 0 bridgehead atoms. The van der Waals surface area contributed by atoms with E-state index in [0.717, 1.165) is 22.3 Å². The van der Waals surface area contributed by atoms with Crippen LogP contribution in [0.15, 0.2) is 121 Å². The fraction of sp³-hybridized carbons (Fsp3) is 0.286. The van der Waals surface area contributed by atoms with Crippen molar-refractivity contribution in [2.75, 3.05) is 6.61 Å². The number of rotatable bonds is 13. The zero-order valence-electron chi connectivity index (χ0n) is 23.6. The van der Waals surface area contributed by atoms with E-state index in [-0.39, 0.29) is 26.4 Å². The quantitative estimate of drug-likeness (QED) is 0.173. The number of benzene rings is 4. The van der Waals surface area contributed by atoms with Crippen molar-refractivity contribution in [1.29, 1.82) is 0 Å². The standard InChI is InChI=1S/C35H34Cl2O6/c36-35(37)32(38)30(41-22-27-15-7-2-8-16-27)31(42-23-28-17-9-3-10-18-28)33(43-24-29-19-11-4-12-20-29)34(35,39)25-40-21-26-13-5-1-6-14-26/h1-20,30-31,33,39H,21-25H2/t30?,31-,33+,34+/m1/s1. The fourth-order valence-corrected chi connectivity index (χ4v) is 5.63. The number of ether oxygens (including phenoxy) is 4. The lowest BCUT2D eigenvalue weighted by atomic mass is 9.76. The number of ketones is 1. The molecule has 4 aromatic rings. The number of hydrogen-bond acceptors (Lipinski definition) is 6. The van der Waals surface area contributed by atoms with E-state index in [1.807, 2.05) is 121 Å². The van der Waals surface area contributed by atoms with Crippen LogP contribution in [-0.4, -0.2) is 45.7 Å². The van der Waals surface area contributed by atoms with Crippen LogP contribution in [0.4, 0.5) is 0 Å². The summed E-state index contributed by atoms with van der Waals surface area (Å²) in [7, 11) is 0. The number of halogens is 2. The van der Waals surface area contributed by atoms with Crippen molar-refractivity contribution in [1.82, 2.24) is 0 Å². The van der Waals surface area contributed by atoms with Crippen LogP contribution in [0.2, 0.25) is 0 Å². The van der Waals surface area contributed by atoms with Crippen LogP contribution in [-0.2, 0) is 50.2 Å². The Kier molecular flexibility index (Phi) is 10.6. The molecular formula is C35H34Cl2O6. The van der Waals surface area contributed by atoms with Crippen LogP contribution in [0, 0.1) is 0 Å². The molecule has 0 spiro atoms. The van der Waals surface area contributed by atoms with Crippen molar-refractivity contribution in [3.05, 3.63) is 144 Å². The van der Waals surface area contributed by atoms with E-state index in [4.69, 9.17) is 42.1 Å². The molecule has 4 aromatic carbocycles. The molecule has 8 heteroatoms. The first kappa shape index (κ1) is 31.4. The van der Waals surface area contributed by atoms with Gasteiger partial charge in [-0.15, -0.1) is 0 Å². The van der Waals surface area contributed by atoms with Crippen molar-refractivity contribution < 1.29 is 28.8 Å². The lowest BCUT2D eigenvalue weighted by Gasteiger charge is -2.51. The monoisotopic (exact) mass is 620 g/mol. The normalized spacial score (nSPS) is 23.2. The van der Waals surface area contributed by atoms with Gasteiger partial charge < -0.3 is 24.1 Å². The number of aliphatic hydroxyl groups is 1. The minimum Gasteiger partial charge on any atom is -0.381 e. The second-order valence-electron chi connectivity index (χ2n) is 10.5. The van der Waals surface area contributed by atoms with Crippen LogP contribution < -0.4 is 0 Å². The van der Waals surface area contributed by atoms with Gasteiger partial charge in [0, 0.05) is 0 Å². The molecule has 4 atom stereocenters. The van der Waals surface area contributed by atoms with E-state index in [9.17, 15) is 9.90 Å². The zero-order chi connectivity index (χ0) is 30.1. The van der Waals surface area contributed by atoms with E-state index in [0.29, 0.717) is 0 Å². The first-order valence-corrected chi connectivity index (χ1v) is 14.9. The Bertz CT molecular complexity index is 1420. The van der Waals surface area contributed by atoms with Gasteiger partial charge in [-0.3, -0.25) is 4.79 Å². The molecule has 1 aliphatic carbocycles. The smallest absolute Gasteiger partial charge is 0.211 e. The van der Waals surface area contributed by atoms with Gasteiger partial charge in [0.1, 0.15) is 18.3 Å². The third-order valence-corrected chi connectivity index (χ3v) is 8.47. The van der Waals surface area contributed by atoms with Crippen LogP contribution in [0.3, 0.4) is 0 Å². The van der Waals surface area contributed by atoms with E-state index in [1.54, 1.807) is 0 Å². The van der Waals surface area contributed by atoms with Crippen molar-refractivity contribution in [2.45, 2.75) is 54.7 Å². The molecule has 0 amide bonds. The highest BCUT2D eigenvalue weighted by Crippen LogP contribution is 2.47. The predicted octanol–water partition coefficient (Wildman–Crippen LogP) is 6.45. The Hall–Kier alpha value is -3.07. The molecule has 0 aromatic heterocycles. The summed E-state index contributed by atoms with van der Waals surface area (Å²) in [6.07, 6.45) is -3.52. The van der Waals surface area contributed by atoms with E-state index < -0.39 is 40.6 Å². The highest BCUT2D eigenvalue weighted by Gasteiger charge is 2.68. The minimum absolute atomic E-state index is 0.0979. The van der Waals surface area contributed by atoms with Crippen LogP contribution in [0.5, 0.6) is 0 Å². The van der Waals surface area contributed by atoms with Gasteiger partial charge in [-0.05, 0) is 22.3 Å². The summed E-state index contributed by atoms with van der Waals surface area (Å²) in [5, 5.41) is 12.3. The Morgan fingerprint density at radius 3 is 1.44 bits per heavy atom. The highest BCUT2D eigenvalue weighted by molar-refractivity contribution is 6.60. The Balaban J connectivity index is 1.48. The summed E-state index contributed by atoms with van der Waals surface area (Å²) in [5.41, 5.74) is 1.26. The molecule has 0 radical (unpaired) electrons. The topological polar surface area (TPSA) is 74.2 Å². The SMILES string of the molecule is O=C1C(OCc2ccccc2)[C@@H](OCc2ccccc2)[C@H](OCc2ccccc2)[C@@](O)(COCc2ccccc2)C1(Cl)Cl. The van der Waals surface area contributed by atoms with Gasteiger partial charge in [0.2, 0.25) is 10.1 Å². The van der Waals surface area contributed by atoms with E-state index in [1.165, 1.54) is 0 Å². The molecule has 1 saturated carbocycles.